The van der Waals surface area contributed by atoms with Crippen molar-refractivity contribution in [2.24, 2.45) is 0 Å². The SMILES string of the molecule is Nc1c(N(CCCO)Cc2cccc(F)c2)c(=O)[nH]c(=O)n1Cc1ccccc1. The van der Waals surface area contributed by atoms with Gasteiger partial charge in [-0.25, -0.2) is 9.18 Å². The first-order valence-electron chi connectivity index (χ1n) is 9.26. The van der Waals surface area contributed by atoms with E-state index in [1.54, 1.807) is 17.0 Å². The highest BCUT2D eigenvalue weighted by molar-refractivity contribution is 5.62. The van der Waals surface area contributed by atoms with Gasteiger partial charge in [-0.05, 0) is 29.7 Å². The lowest BCUT2D eigenvalue weighted by molar-refractivity contribution is 0.289. The molecule has 0 radical (unpaired) electrons. The summed E-state index contributed by atoms with van der Waals surface area (Å²) in [7, 11) is 0. The Morgan fingerprint density at radius 1 is 1.07 bits per heavy atom. The highest BCUT2D eigenvalue weighted by Crippen LogP contribution is 2.20. The van der Waals surface area contributed by atoms with Gasteiger partial charge in [-0.15, -0.1) is 0 Å². The van der Waals surface area contributed by atoms with Gasteiger partial charge in [0, 0.05) is 19.7 Å². The van der Waals surface area contributed by atoms with Crippen molar-refractivity contribution in [1.82, 2.24) is 9.55 Å². The average molecular weight is 398 g/mol. The summed E-state index contributed by atoms with van der Waals surface area (Å²) in [5.41, 5.74) is 6.65. The quantitative estimate of drug-likeness (QED) is 0.536. The Hall–Kier alpha value is -3.39. The maximum absolute atomic E-state index is 13.6. The number of aromatic nitrogens is 2. The van der Waals surface area contributed by atoms with E-state index in [9.17, 15) is 19.1 Å². The third-order valence-electron chi connectivity index (χ3n) is 4.56. The number of nitrogens with two attached hydrogens (primary N) is 1. The van der Waals surface area contributed by atoms with Crippen LogP contribution in [0, 0.1) is 5.82 Å². The van der Waals surface area contributed by atoms with Crippen molar-refractivity contribution < 1.29 is 9.50 Å². The van der Waals surface area contributed by atoms with Gasteiger partial charge >= 0.3 is 5.69 Å². The standard InChI is InChI=1S/C21H23FN4O3/c22-17-9-4-8-16(12-17)13-25(10-5-11-27)18-19(23)26(21(29)24-20(18)28)14-15-6-2-1-3-7-15/h1-4,6-9,12,27H,5,10-11,13-14,23H2,(H,24,28,29). The third-order valence-corrected chi connectivity index (χ3v) is 4.56. The van der Waals surface area contributed by atoms with E-state index >= 15 is 0 Å². The number of rotatable bonds is 8. The van der Waals surface area contributed by atoms with Gasteiger partial charge in [0.1, 0.15) is 17.3 Å². The van der Waals surface area contributed by atoms with Gasteiger partial charge in [0.25, 0.3) is 5.56 Å². The fourth-order valence-electron chi connectivity index (χ4n) is 3.19. The number of aromatic amines is 1. The van der Waals surface area contributed by atoms with Gasteiger partial charge in [0.15, 0.2) is 0 Å². The first-order chi connectivity index (χ1) is 14.0. The Kier molecular flexibility index (Phi) is 6.46. The Bertz CT molecular complexity index is 1080. The average Bonchev–Trinajstić information content (AvgIpc) is 2.70. The molecule has 4 N–H and O–H groups in total. The van der Waals surface area contributed by atoms with Gasteiger partial charge in [0.2, 0.25) is 0 Å². The minimum Gasteiger partial charge on any atom is -0.396 e. The number of halogens is 1. The van der Waals surface area contributed by atoms with Crippen molar-refractivity contribution in [3.8, 4) is 0 Å². The highest BCUT2D eigenvalue weighted by atomic mass is 19.1. The number of benzene rings is 2. The molecule has 1 heterocycles. The van der Waals surface area contributed by atoms with Crippen LogP contribution in [0.4, 0.5) is 15.9 Å². The minimum absolute atomic E-state index is 0.0249. The van der Waals surface area contributed by atoms with Crippen LogP contribution in [0.1, 0.15) is 17.5 Å². The largest absolute Gasteiger partial charge is 0.396 e. The highest BCUT2D eigenvalue weighted by Gasteiger charge is 2.19. The van der Waals surface area contributed by atoms with Crippen LogP contribution in [0.15, 0.2) is 64.2 Å². The number of hydrogen-bond acceptors (Lipinski definition) is 5. The topological polar surface area (TPSA) is 104 Å². The molecule has 0 amide bonds. The fourth-order valence-corrected chi connectivity index (χ4v) is 3.19. The molecule has 0 aliphatic heterocycles. The molecule has 0 atom stereocenters. The third kappa shape index (κ3) is 4.91. The lowest BCUT2D eigenvalue weighted by Gasteiger charge is -2.26. The molecule has 3 aromatic rings. The maximum atomic E-state index is 13.6. The van der Waals surface area contributed by atoms with Crippen molar-refractivity contribution in [3.05, 3.63) is 92.4 Å². The van der Waals surface area contributed by atoms with Crippen molar-refractivity contribution in [2.75, 3.05) is 23.8 Å². The number of hydrogen-bond donors (Lipinski definition) is 3. The molecule has 0 aliphatic carbocycles. The summed E-state index contributed by atoms with van der Waals surface area (Å²) in [6, 6.07) is 15.3. The molecule has 152 valence electrons. The summed E-state index contributed by atoms with van der Waals surface area (Å²) in [6.07, 6.45) is 0.381. The van der Waals surface area contributed by atoms with Crippen LogP contribution in [0.25, 0.3) is 0 Å². The molecule has 0 bridgehead atoms. The van der Waals surface area contributed by atoms with Crippen LogP contribution in [0.5, 0.6) is 0 Å². The van der Waals surface area contributed by atoms with Crippen molar-refractivity contribution in [2.45, 2.75) is 19.5 Å². The molecule has 0 spiro atoms. The molecule has 0 saturated heterocycles. The van der Waals surface area contributed by atoms with E-state index in [1.807, 2.05) is 30.3 Å². The molecule has 7 nitrogen and oxygen atoms in total. The predicted octanol–water partition coefficient (Wildman–Crippen LogP) is 1.70. The van der Waals surface area contributed by atoms with Crippen LogP contribution < -0.4 is 21.9 Å². The smallest absolute Gasteiger partial charge is 0.330 e. The van der Waals surface area contributed by atoms with E-state index in [0.717, 1.165) is 5.56 Å². The van der Waals surface area contributed by atoms with Crippen LogP contribution in [-0.4, -0.2) is 27.8 Å². The molecule has 3 rings (SSSR count). The molecule has 0 unspecified atom stereocenters. The van der Waals surface area contributed by atoms with E-state index in [2.05, 4.69) is 4.98 Å². The fraction of sp³-hybridized carbons (Fsp3) is 0.238. The van der Waals surface area contributed by atoms with Crippen LogP contribution >= 0.6 is 0 Å². The van der Waals surface area contributed by atoms with Gasteiger partial charge in [-0.1, -0.05) is 42.5 Å². The number of nitrogens with one attached hydrogen (secondary N) is 1. The first kappa shape index (κ1) is 20.3. The van der Waals surface area contributed by atoms with Crippen molar-refractivity contribution in [3.63, 3.8) is 0 Å². The number of H-pyrrole nitrogens is 1. The second-order valence-corrected chi connectivity index (χ2v) is 6.69. The summed E-state index contributed by atoms with van der Waals surface area (Å²) in [6.45, 7) is 0.628. The summed E-state index contributed by atoms with van der Waals surface area (Å²) in [5, 5.41) is 9.25. The molecular formula is C21H23FN4O3. The Balaban J connectivity index is 2.03. The molecule has 8 heteroatoms. The Labute approximate surface area is 166 Å². The molecule has 2 aromatic carbocycles. The van der Waals surface area contributed by atoms with Crippen LogP contribution in [-0.2, 0) is 13.1 Å². The number of aliphatic hydroxyl groups excluding tert-OH is 1. The zero-order chi connectivity index (χ0) is 20.8. The maximum Gasteiger partial charge on any atom is 0.330 e. The lowest BCUT2D eigenvalue weighted by Crippen LogP contribution is -2.39. The normalized spacial score (nSPS) is 10.8. The second kappa shape index (κ2) is 9.20. The Morgan fingerprint density at radius 3 is 2.48 bits per heavy atom. The Morgan fingerprint density at radius 2 is 1.79 bits per heavy atom. The van der Waals surface area contributed by atoms with Gasteiger partial charge in [-0.3, -0.25) is 14.3 Å². The van der Waals surface area contributed by atoms with E-state index < -0.39 is 11.2 Å². The molecule has 0 aliphatic rings. The van der Waals surface area contributed by atoms with Gasteiger partial charge < -0.3 is 15.7 Å². The summed E-state index contributed by atoms with van der Waals surface area (Å²) in [4.78, 5) is 28.9. The van der Waals surface area contributed by atoms with Crippen molar-refractivity contribution >= 4 is 11.5 Å². The minimum atomic E-state index is -0.619. The van der Waals surface area contributed by atoms with E-state index in [4.69, 9.17) is 5.73 Å². The molecule has 0 fully saturated rings. The zero-order valence-corrected chi connectivity index (χ0v) is 15.8. The lowest BCUT2D eigenvalue weighted by atomic mass is 10.2. The molecular weight excluding hydrogens is 375 g/mol. The second-order valence-electron chi connectivity index (χ2n) is 6.69. The van der Waals surface area contributed by atoms with Crippen molar-refractivity contribution in [1.29, 1.82) is 0 Å². The summed E-state index contributed by atoms with van der Waals surface area (Å²) >= 11 is 0. The van der Waals surface area contributed by atoms with E-state index in [1.165, 1.54) is 16.7 Å². The van der Waals surface area contributed by atoms with Gasteiger partial charge in [-0.2, -0.15) is 0 Å². The zero-order valence-electron chi connectivity index (χ0n) is 15.8. The summed E-state index contributed by atoms with van der Waals surface area (Å²) < 4.78 is 14.9. The summed E-state index contributed by atoms with van der Waals surface area (Å²) in [5.74, 6) is -0.363. The first-order valence-corrected chi connectivity index (χ1v) is 9.26. The van der Waals surface area contributed by atoms with Crippen LogP contribution in [0.2, 0.25) is 0 Å². The van der Waals surface area contributed by atoms with E-state index in [0.29, 0.717) is 18.5 Å². The number of nitrogen functional groups attached to an aromatic ring is 1. The molecule has 0 saturated carbocycles. The number of anilines is 2. The monoisotopic (exact) mass is 398 g/mol. The number of nitrogens with zero attached hydrogens (tertiary/aromatic N) is 2. The van der Waals surface area contributed by atoms with E-state index in [-0.39, 0.29) is 37.0 Å². The molecule has 1 aromatic heterocycles. The van der Waals surface area contributed by atoms with Gasteiger partial charge in [0.05, 0.1) is 6.54 Å². The van der Waals surface area contributed by atoms with Crippen LogP contribution in [0.3, 0.4) is 0 Å². The predicted molar refractivity (Wildman–Crippen MR) is 110 cm³/mol. The number of aliphatic hydroxyl groups is 1. The molecule has 29 heavy (non-hydrogen) atoms.